The van der Waals surface area contributed by atoms with Crippen LogP contribution in [-0.2, 0) is 0 Å². The van der Waals surface area contributed by atoms with Crippen molar-refractivity contribution in [2.24, 2.45) is 5.41 Å². The average Bonchev–Trinajstić information content (AvgIpc) is 2.17. The zero-order chi connectivity index (χ0) is 11.6. The van der Waals surface area contributed by atoms with Gasteiger partial charge in [0.05, 0.1) is 25.9 Å². The molecule has 0 spiro atoms. The fourth-order valence-corrected chi connectivity index (χ4v) is 0.337. The van der Waals surface area contributed by atoms with Crippen LogP contribution in [0.15, 0.2) is 0 Å². The van der Waals surface area contributed by atoms with E-state index in [4.69, 9.17) is 25.5 Å². The lowest BCUT2D eigenvalue weighted by molar-refractivity contribution is 0.0200. The molecular weight excluding hydrogens is 188 g/mol. The second-order valence-electron chi connectivity index (χ2n) is 3.65. The molecule has 5 N–H and O–H groups in total. The first-order valence-corrected chi connectivity index (χ1v) is 4.57. The van der Waals surface area contributed by atoms with Gasteiger partial charge in [-0.05, 0) is 13.3 Å². The predicted molar refractivity (Wildman–Crippen MR) is 52.7 cm³/mol. The number of rotatable bonds is 5. The fourth-order valence-electron chi connectivity index (χ4n) is 0.337. The normalized spacial score (nSPS) is 13.1. The minimum Gasteiger partial charge on any atom is -0.396 e. The highest BCUT2D eigenvalue weighted by molar-refractivity contribution is 4.69. The molecule has 14 heavy (non-hydrogen) atoms. The highest BCUT2D eigenvalue weighted by atomic mass is 16.3. The molecule has 0 radical (unpaired) electrons. The van der Waals surface area contributed by atoms with E-state index in [1.165, 1.54) is 0 Å². The van der Waals surface area contributed by atoms with Crippen LogP contribution >= 0.6 is 0 Å². The first-order chi connectivity index (χ1) is 6.45. The summed E-state index contributed by atoms with van der Waals surface area (Å²) in [6, 6.07) is 0. The van der Waals surface area contributed by atoms with E-state index in [1.807, 2.05) is 0 Å². The lowest BCUT2D eigenvalue weighted by Gasteiger charge is -2.20. The molecular formula is C9H22O5. The molecule has 0 aromatic rings. The maximum atomic E-state index is 8.47. The Labute approximate surface area is 84.6 Å². The summed E-state index contributed by atoms with van der Waals surface area (Å²) >= 11 is 0. The Morgan fingerprint density at radius 1 is 1.00 bits per heavy atom. The van der Waals surface area contributed by atoms with E-state index in [1.54, 1.807) is 13.8 Å². The minimum atomic E-state index is -0.708. The largest absolute Gasteiger partial charge is 0.396 e. The topological polar surface area (TPSA) is 101 Å². The minimum absolute atomic E-state index is 0.0810. The quantitative estimate of drug-likeness (QED) is 0.389. The van der Waals surface area contributed by atoms with E-state index in [-0.39, 0.29) is 32.5 Å². The maximum Gasteiger partial charge on any atom is 0.0533 e. The van der Waals surface area contributed by atoms with Crippen molar-refractivity contribution in [1.29, 1.82) is 0 Å². The molecule has 0 aliphatic rings. The summed E-state index contributed by atoms with van der Waals surface area (Å²) in [5.41, 5.74) is -0.708. The summed E-state index contributed by atoms with van der Waals surface area (Å²) in [4.78, 5) is 0. The van der Waals surface area contributed by atoms with Crippen molar-refractivity contribution >= 4 is 0 Å². The average molecular weight is 210 g/mol. The molecule has 0 saturated heterocycles. The summed E-state index contributed by atoms with van der Waals surface area (Å²) in [6.45, 7) is 2.79. The molecule has 88 valence electrons. The second kappa shape index (κ2) is 9.36. The van der Waals surface area contributed by atoms with E-state index in [2.05, 4.69) is 0 Å². The predicted octanol–water partition coefficient (Wildman–Crippen LogP) is -1.28. The Morgan fingerprint density at radius 2 is 1.36 bits per heavy atom. The van der Waals surface area contributed by atoms with Crippen LogP contribution < -0.4 is 0 Å². The Hall–Kier alpha value is -0.200. The second-order valence-corrected chi connectivity index (χ2v) is 3.65. The zero-order valence-electron chi connectivity index (χ0n) is 8.85. The van der Waals surface area contributed by atoms with Crippen molar-refractivity contribution < 1.29 is 25.5 Å². The lowest BCUT2D eigenvalue weighted by atomic mass is 9.95. The van der Waals surface area contributed by atoms with Crippen LogP contribution in [-0.4, -0.2) is 58.1 Å². The monoisotopic (exact) mass is 210 g/mol. The first-order valence-electron chi connectivity index (χ1n) is 4.57. The van der Waals surface area contributed by atoms with Crippen LogP contribution in [0.1, 0.15) is 20.3 Å². The van der Waals surface area contributed by atoms with Crippen molar-refractivity contribution in [3.8, 4) is 0 Å². The van der Waals surface area contributed by atoms with Gasteiger partial charge in [0.25, 0.3) is 0 Å². The summed E-state index contributed by atoms with van der Waals surface area (Å²) < 4.78 is 0. The molecule has 0 aromatic carbocycles. The van der Waals surface area contributed by atoms with Gasteiger partial charge in [0.1, 0.15) is 0 Å². The van der Waals surface area contributed by atoms with Crippen LogP contribution in [0.4, 0.5) is 0 Å². The van der Waals surface area contributed by atoms with Gasteiger partial charge in [0, 0.05) is 12.0 Å². The third kappa shape index (κ3) is 9.88. The van der Waals surface area contributed by atoms with E-state index >= 15 is 0 Å². The van der Waals surface area contributed by atoms with Gasteiger partial charge in [-0.15, -0.1) is 0 Å². The molecule has 0 aliphatic carbocycles. The van der Waals surface area contributed by atoms with Crippen LogP contribution in [0.3, 0.4) is 0 Å². The third-order valence-electron chi connectivity index (χ3n) is 1.69. The summed E-state index contributed by atoms with van der Waals surface area (Å²) in [6.07, 6.45) is 0.134. The van der Waals surface area contributed by atoms with Gasteiger partial charge in [0.15, 0.2) is 0 Å². The number of hydrogen-bond donors (Lipinski definition) is 5. The van der Waals surface area contributed by atoms with Crippen molar-refractivity contribution in [2.45, 2.75) is 26.4 Å². The SMILES string of the molecule is CC(CO)(CO)CO.CC(O)CCO. The summed E-state index contributed by atoms with van der Waals surface area (Å²) in [5.74, 6) is 0. The van der Waals surface area contributed by atoms with Crippen LogP contribution in [0, 0.1) is 5.41 Å². The molecule has 0 aromatic heterocycles. The third-order valence-corrected chi connectivity index (χ3v) is 1.69. The summed E-state index contributed by atoms with van der Waals surface area (Å²) in [5, 5.41) is 41.9. The van der Waals surface area contributed by atoms with Gasteiger partial charge in [0.2, 0.25) is 0 Å². The van der Waals surface area contributed by atoms with E-state index in [0.29, 0.717) is 6.42 Å². The molecule has 0 saturated carbocycles. The summed E-state index contributed by atoms with van der Waals surface area (Å²) in [7, 11) is 0. The zero-order valence-corrected chi connectivity index (χ0v) is 8.85. The van der Waals surface area contributed by atoms with Gasteiger partial charge in [-0.1, -0.05) is 6.92 Å². The fraction of sp³-hybridized carbons (Fsp3) is 1.00. The standard InChI is InChI=1S/C5H12O3.C4H10O2/c1-5(2-6,3-7)4-8;1-4(6)2-3-5/h6-8H,2-4H2,1H3;4-6H,2-3H2,1H3. The molecule has 0 fully saturated rings. The van der Waals surface area contributed by atoms with Crippen molar-refractivity contribution in [1.82, 2.24) is 0 Å². The van der Waals surface area contributed by atoms with Crippen LogP contribution in [0.5, 0.6) is 0 Å². The van der Waals surface area contributed by atoms with E-state index < -0.39 is 5.41 Å². The number of aliphatic hydroxyl groups is 5. The van der Waals surface area contributed by atoms with Crippen molar-refractivity contribution in [3.63, 3.8) is 0 Å². The molecule has 0 aliphatic heterocycles. The van der Waals surface area contributed by atoms with Gasteiger partial charge in [-0.25, -0.2) is 0 Å². The molecule has 5 nitrogen and oxygen atoms in total. The lowest BCUT2D eigenvalue weighted by Crippen LogP contribution is -2.29. The Balaban J connectivity index is 0. The van der Waals surface area contributed by atoms with Gasteiger partial charge < -0.3 is 25.5 Å². The Kier molecular flexibility index (Phi) is 10.9. The van der Waals surface area contributed by atoms with Crippen molar-refractivity contribution in [2.75, 3.05) is 26.4 Å². The van der Waals surface area contributed by atoms with Crippen LogP contribution in [0.2, 0.25) is 0 Å². The van der Waals surface area contributed by atoms with E-state index in [0.717, 1.165) is 0 Å². The molecule has 1 atom stereocenters. The van der Waals surface area contributed by atoms with Gasteiger partial charge in [-0.2, -0.15) is 0 Å². The highest BCUT2D eigenvalue weighted by Gasteiger charge is 2.20. The molecule has 0 rings (SSSR count). The molecule has 1 unspecified atom stereocenters. The Morgan fingerprint density at radius 3 is 1.36 bits per heavy atom. The Bertz CT molecular complexity index is 104. The highest BCUT2D eigenvalue weighted by Crippen LogP contribution is 2.10. The van der Waals surface area contributed by atoms with Crippen LogP contribution in [0.25, 0.3) is 0 Å². The van der Waals surface area contributed by atoms with Crippen molar-refractivity contribution in [3.05, 3.63) is 0 Å². The molecule has 0 heterocycles. The molecule has 0 amide bonds. The number of aliphatic hydroxyl groups excluding tert-OH is 5. The van der Waals surface area contributed by atoms with E-state index in [9.17, 15) is 0 Å². The molecule has 0 bridgehead atoms. The number of hydrogen-bond acceptors (Lipinski definition) is 5. The first kappa shape index (κ1) is 16.2. The molecule has 5 heteroatoms. The smallest absolute Gasteiger partial charge is 0.0533 e. The van der Waals surface area contributed by atoms with Gasteiger partial charge >= 0.3 is 0 Å². The maximum absolute atomic E-state index is 8.47. The van der Waals surface area contributed by atoms with Gasteiger partial charge in [-0.3, -0.25) is 0 Å².